The first-order valence-corrected chi connectivity index (χ1v) is 20.2. The van der Waals surface area contributed by atoms with E-state index in [4.69, 9.17) is 10.4 Å². The monoisotopic (exact) mass is 727 g/mol. The Balaban J connectivity index is 1.09. The average molecular weight is 728 g/mol. The molecule has 1 atom stereocenters. The van der Waals surface area contributed by atoms with Crippen LogP contribution in [0, 0.1) is 5.41 Å². The van der Waals surface area contributed by atoms with Gasteiger partial charge in [-0.25, -0.2) is 4.99 Å². The zero-order valence-electron chi connectivity index (χ0n) is 31.6. The van der Waals surface area contributed by atoms with Crippen molar-refractivity contribution in [2.24, 2.45) is 4.99 Å². The molecule has 0 saturated carbocycles. The molecule has 2 aliphatic heterocycles. The minimum atomic E-state index is -0.0648. The van der Waals surface area contributed by atoms with E-state index in [9.17, 15) is 0 Å². The van der Waals surface area contributed by atoms with Crippen LogP contribution in [0.1, 0.15) is 83.6 Å². The van der Waals surface area contributed by atoms with E-state index in [0.29, 0.717) is 0 Å². The molecule has 5 nitrogen and oxygen atoms in total. The number of benzene rings is 4. The van der Waals surface area contributed by atoms with E-state index >= 15 is 0 Å². The topological polar surface area (TPSA) is 65.2 Å². The predicted molar refractivity (Wildman–Crippen MR) is 233 cm³/mol. The van der Waals surface area contributed by atoms with Gasteiger partial charge in [0.2, 0.25) is 0 Å². The number of fused-ring (bicyclic) bond motifs is 4. The van der Waals surface area contributed by atoms with Crippen LogP contribution in [0.2, 0.25) is 0 Å². The molecule has 3 heterocycles. The molecule has 1 unspecified atom stereocenters. The number of aliphatic imine (C=N–C) groups is 1. The maximum absolute atomic E-state index is 8.57. The van der Waals surface area contributed by atoms with E-state index in [1.165, 1.54) is 52.4 Å². The highest BCUT2D eigenvalue weighted by atomic mass is 15.2. The molecule has 5 aliphatic rings. The summed E-state index contributed by atoms with van der Waals surface area (Å²) >= 11 is 0. The number of hydrogen-bond donors (Lipinski definition) is 3. The predicted octanol–water partition coefficient (Wildman–Crippen LogP) is 11.5. The SMILES string of the molecule is N=C/C(C1=CC=CCC1)=C1\NC(c2ccccc2)=C(c2ccc(C3C=C(n4c5c(c6ccccc64)CCCC5)N=C(C4=CCCC=C4)N3)cc2)c2ccccc21. The third kappa shape index (κ3) is 6.04. The van der Waals surface area contributed by atoms with Crippen LogP contribution in [0.15, 0.2) is 167 Å². The Hall–Kier alpha value is -6.46. The van der Waals surface area contributed by atoms with Gasteiger partial charge in [-0.2, -0.15) is 0 Å². The summed E-state index contributed by atoms with van der Waals surface area (Å²) in [6, 6.07) is 37.2. The molecule has 5 heteroatoms. The third-order valence-corrected chi connectivity index (χ3v) is 11.9. The molecule has 0 fully saturated rings. The number of para-hydroxylation sites is 1. The number of aryl methyl sites for hydroxylation is 1. The van der Waals surface area contributed by atoms with E-state index in [1.807, 2.05) is 0 Å². The molecular formula is C51H45N5. The Labute approximate surface area is 329 Å². The highest BCUT2D eigenvalue weighted by molar-refractivity contribution is 6.09. The van der Waals surface area contributed by atoms with Gasteiger partial charge in [-0.05, 0) is 96.9 Å². The van der Waals surface area contributed by atoms with Crippen molar-refractivity contribution in [3.63, 3.8) is 0 Å². The Bertz CT molecular complexity index is 2640. The second-order valence-electron chi connectivity index (χ2n) is 15.2. The standard InChI is InChI=1S/C51H45N5/c52-33-43(34-16-4-1-5-17-34)50-42-25-11-10-24-41(42)48(49(55-50)37-18-6-2-7-19-37)36-30-28-35(29-31-36)44-32-47(54-51(53-44)38-20-8-3-9-21-38)56-45-26-14-12-22-39(45)40-23-13-15-27-46(40)56/h1-2,4,6-8,10-12,14,16,18-22,24-26,28-33,44,52,55H,3,5,9,13,15,17,23,27H2,(H,53,54)/b50-43+,52-33?. The summed E-state index contributed by atoms with van der Waals surface area (Å²) in [5.41, 5.74) is 16.3. The number of allylic oxidation sites excluding steroid dienone is 7. The summed E-state index contributed by atoms with van der Waals surface area (Å²) in [6.45, 7) is 0. The highest BCUT2D eigenvalue weighted by Crippen LogP contribution is 2.43. The van der Waals surface area contributed by atoms with Gasteiger partial charge in [-0.15, -0.1) is 0 Å². The van der Waals surface area contributed by atoms with Crippen LogP contribution in [0.3, 0.4) is 0 Å². The van der Waals surface area contributed by atoms with Crippen molar-refractivity contribution >= 4 is 45.7 Å². The van der Waals surface area contributed by atoms with Crippen molar-refractivity contribution in [3.05, 3.63) is 201 Å². The van der Waals surface area contributed by atoms with Crippen LogP contribution in [-0.2, 0) is 12.8 Å². The molecule has 0 amide bonds. The molecule has 56 heavy (non-hydrogen) atoms. The maximum Gasteiger partial charge on any atom is 0.138 e. The van der Waals surface area contributed by atoms with Crippen LogP contribution >= 0.6 is 0 Å². The van der Waals surface area contributed by atoms with Crippen LogP contribution in [0.25, 0.3) is 33.7 Å². The quantitative estimate of drug-likeness (QED) is 0.146. The second-order valence-corrected chi connectivity index (χ2v) is 15.2. The lowest BCUT2D eigenvalue weighted by Crippen LogP contribution is -2.32. The smallest absolute Gasteiger partial charge is 0.138 e. The molecule has 274 valence electrons. The Morgan fingerprint density at radius 2 is 1.57 bits per heavy atom. The van der Waals surface area contributed by atoms with Gasteiger partial charge >= 0.3 is 0 Å². The third-order valence-electron chi connectivity index (χ3n) is 11.9. The van der Waals surface area contributed by atoms with Crippen LogP contribution in [-0.4, -0.2) is 16.6 Å². The van der Waals surface area contributed by atoms with E-state index in [-0.39, 0.29) is 6.04 Å². The van der Waals surface area contributed by atoms with E-state index in [2.05, 4.69) is 161 Å². The summed E-state index contributed by atoms with van der Waals surface area (Å²) in [4.78, 5) is 5.37. The van der Waals surface area contributed by atoms with Gasteiger partial charge in [-0.1, -0.05) is 134 Å². The van der Waals surface area contributed by atoms with Gasteiger partial charge < -0.3 is 16.0 Å². The van der Waals surface area contributed by atoms with Crippen LogP contribution < -0.4 is 10.6 Å². The van der Waals surface area contributed by atoms with Gasteiger partial charge in [0, 0.05) is 39.6 Å². The Kier molecular flexibility index (Phi) is 8.91. The van der Waals surface area contributed by atoms with E-state index in [0.717, 1.165) is 101 Å². The minimum absolute atomic E-state index is 0.0648. The second kappa shape index (κ2) is 14.6. The van der Waals surface area contributed by atoms with Crippen molar-refractivity contribution in [2.75, 3.05) is 0 Å². The number of nitrogens with one attached hydrogen (secondary N) is 3. The summed E-state index contributed by atoms with van der Waals surface area (Å²) < 4.78 is 2.45. The minimum Gasteiger partial charge on any atom is -0.359 e. The number of hydrogen-bond acceptors (Lipinski definition) is 4. The molecule has 4 aromatic carbocycles. The fraction of sp³-hybridized carbons (Fsp3) is 0.176. The average Bonchev–Trinajstić information content (AvgIpc) is 3.62. The molecule has 0 radical (unpaired) electrons. The molecule has 5 aromatic rings. The molecule has 10 rings (SSSR count). The number of amidine groups is 1. The highest BCUT2D eigenvalue weighted by Gasteiger charge is 2.29. The largest absolute Gasteiger partial charge is 0.359 e. The Morgan fingerprint density at radius 3 is 2.38 bits per heavy atom. The molecule has 0 bridgehead atoms. The fourth-order valence-electron chi connectivity index (χ4n) is 9.17. The Morgan fingerprint density at radius 1 is 0.768 bits per heavy atom. The van der Waals surface area contributed by atoms with Gasteiger partial charge in [0.05, 0.1) is 23.0 Å². The molecule has 0 saturated heterocycles. The normalized spacial score (nSPS) is 19.8. The number of nitrogens with zero attached hydrogens (tertiary/aromatic N) is 2. The van der Waals surface area contributed by atoms with Crippen molar-refractivity contribution in [1.29, 1.82) is 5.41 Å². The fourth-order valence-corrected chi connectivity index (χ4v) is 9.17. The van der Waals surface area contributed by atoms with Gasteiger partial charge in [0.25, 0.3) is 0 Å². The van der Waals surface area contributed by atoms with E-state index < -0.39 is 0 Å². The summed E-state index contributed by atoms with van der Waals surface area (Å²) in [6.07, 6.45) is 25.7. The first kappa shape index (κ1) is 34.1. The van der Waals surface area contributed by atoms with Crippen molar-refractivity contribution < 1.29 is 0 Å². The molecule has 0 spiro atoms. The molecule has 3 aliphatic carbocycles. The lowest BCUT2D eigenvalue weighted by atomic mass is 9.83. The van der Waals surface area contributed by atoms with Crippen LogP contribution in [0.5, 0.6) is 0 Å². The summed E-state index contributed by atoms with van der Waals surface area (Å²) in [5, 5.41) is 17.7. The number of aromatic nitrogens is 1. The first-order chi connectivity index (χ1) is 27.7. The summed E-state index contributed by atoms with van der Waals surface area (Å²) in [5.74, 6) is 1.93. The zero-order chi connectivity index (χ0) is 37.4. The molecular weight excluding hydrogens is 683 g/mol. The van der Waals surface area contributed by atoms with Crippen LogP contribution in [0.4, 0.5) is 0 Å². The number of rotatable bonds is 7. The lowest BCUT2D eigenvalue weighted by Gasteiger charge is -2.30. The molecule has 1 aromatic heterocycles. The van der Waals surface area contributed by atoms with Crippen molar-refractivity contribution in [2.45, 2.75) is 57.4 Å². The lowest BCUT2D eigenvalue weighted by molar-refractivity contribution is 0.665. The van der Waals surface area contributed by atoms with Crippen molar-refractivity contribution in [3.8, 4) is 0 Å². The molecule has 3 N–H and O–H groups in total. The first-order valence-electron chi connectivity index (χ1n) is 20.2. The van der Waals surface area contributed by atoms with E-state index in [1.54, 1.807) is 0 Å². The maximum atomic E-state index is 8.57. The van der Waals surface area contributed by atoms with Gasteiger partial charge in [0.1, 0.15) is 11.7 Å². The summed E-state index contributed by atoms with van der Waals surface area (Å²) in [7, 11) is 0. The van der Waals surface area contributed by atoms with Gasteiger partial charge in [-0.3, -0.25) is 4.57 Å². The van der Waals surface area contributed by atoms with Gasteiger partial charge in [0.15, 0.2) is 0 Å². The van der Waals surface area contributed by atoms with Crippen molar-refractivity contribution in [1.82, 2.24) is 15.2 Å². The zero-order valence-corrected chi connectivity index (χ0v) is 31.6.